The smallest absolute Gasteiger partial charge is 0.241 e. The average molecular weight is 416 g/mol. The van der Waals surface area contributed by atoms with E-state index in [0.29, 0.717) is 16.9 Å². The van der Waals surface area contributed by atoms with Gasteiger partial charge < -0.3 is 4.74 Å². The van der Waals surface area contributed by atoms with Crippen LogP contribution in [0.3, 0.4) is 0 Å². The highest BCUT2D eigenvalue weighted by molar-refractivity contribution is 7.89. The molecule has 0 amide bonds. The monoisotopic (exact) mass is 415 g/mol. The molecular formula is C24H33NO3S. The molecule has 1 aliphatic rings. The molecule has 4 nitrogen and oxygen atoms in total. The molecule has 0 spiro atoms. The van der Waals surface area contributed by atoms with Gasteiger partial charge in [0.2, 0.25) is 10.0 Å². The van der Waals surface area contributed by atoms with Gasteiger partial charge in [0.15, 0.2) is 0 Å². The lowest BCUT2D eigenvalue weighted by molar-refractivity contribution is 0.406. The fourth-order valence-electron chi connectivity index (χ4n) is 4.20. The molecule has 1 aliphatic carbocycles. The van der Waals surface area contributed by atoms with Crippen LogP contribution >= 0.6 is 0 Å². The minimum atomic E-state index is -3.66. The second kappa shape index (κ2) is 8.88. The Labute approximate surface area is 175 Å². The molecule has 1 N–H and O–H groups in total. The van der Waals surface area contributed by atoms with Gasteiger partial charge in [0.05, 0.1) is 12.0 Å². The first-order valence-electron chi connectivity index (χ1n) is 10.6. The van der Waals surface area contributed by atoms with Crippen LogP contribution in [0.25, 0.3) is 0 Å². The maximum Gasteiger partial charge on any atom is 0.241 e. The summed E-state index contributed by atoms with van der Waals surface area (Å²) in [4.78, 5) is 0.332. The summed E-state index contributed by atoms with van der Waals surface area (Å²) < 4.78 is 35.0. The molecule has 0 fully saturated rings. The summed E-state index contributed by atoms with van der Waals surface area (Å²) >= 11 is 0. The van der Waals surface area contributed by atoms with E-state index in [1.165, 1.54) is 24.0 Å². The normalized spacial score (nSPS) is 15.2. The van der Waals surface area contributed by atoms with E-state index >= 15 is 0 Å². The second-order valence-corrected chi connectivity index (χ2v) is 10.0. The van der Waals surface area contributed by atoms with E-state index in [2.05, 4.69) is 22.9 Å². The van der Waals surface area contributed by atoms with Crippen molar-refractivity contribution in [2.45, 2.75) is 76.7 Å². The summed E-state index contributed by atoms with van der Waals surface area (Å²) in [5.74, 6) is 0.903. The Balaban J connectivity index is 1.94. The molecule has 2 aromatic rings. The molecule has 158 valence electrons. The van der Waals surface area contributed by atoms with Crippen molar-refractivity contribution in [1.29, 1.82) is 0 Å². The number of hydrogen-bond donors (Lipinski definition) is 1. The number of fused-ring (bicyclic) bond motifs is 1. The highest BCUT2D eigenvalue weighted by atomic mass is 32.2. The number of ether oxygens (including phenoxy) is 1. The molecule has 0 aromatic heterocycles. The Morgan fingerprint density at radius 2 is 1.76 bits per heavy atom. The van der Waals surface area contributed by atoms with E-state index in [9.17, 15) is 8.42 Å². The van der Waals surface area contributed by atoms with Crippen molar-refractivity contribution in [3.05, 3.63) is 58.1 Å². The van der Waals surface area contributed by atoms with Crippen LogP contribution in [0.15, 0.2) is 35.2 Å². The largest absolute Gasteiger partial charge is 0.496 e. The molecule has 0 saturated carbocycles. The van der Waals surface area contributed by atoms with Crippen LogP contribution in [-0.2, 0) is 22.9 Å². The van der Waals surface area contributed by atoms with Gasteiger partial charge in [-0.25, -0.2) is 13.1 Å². The minimum Gasteiger partial charge on any atom is -0.496 e. The first-order valence-corrected chi connectivity index (χ1v) is 12.1. The van der Waals surface area contributed by atoms with Crippen molar-refractivity contribution in [3.63, 3.8) is 0 Å². The first kappa shape index (κ1) is 21.8. The van der Waals surface area contributed by atoms with E-state index in [-0.39, 0.29) is 12.0 Å². The lowest BCUT2D eigenvalue weighted by Gasteiger charge is -2.23. The number of hydrogen-bond acceptors (Lipinski definition) is 3. The number of aryl methyl sites for hydroxylation is 3. The van der Waals surface area contributed by atoms with E-state index in [1.54, 1.807) is 13.2 Å². The fraction of sp³-hybridized carbons (Fsp3) is 0.500. The summed E-state index contributed by atoms with van der Waals surface area (Å²) in [5.41, 5.74) is 5.42. The quantitative estimate of drug-likeness (QED) is 0.655. The second-order valence-electron chi connectivity index (χ2n) is 8.33. The van der Waals surface area contributed by atoms with Gasteiger partial charge in [-0.05, 0) is 84.9 Å². The number of nitrogens with one attached hydrogen (secondary N) is 1. The van der Waals surface area contributed by atoms with Crippen molar-refractivity contribution in [2.24, 2.45) is 0 Å². The van der Waals surface area contributed by atoms with Crippen LogP contribution in [0.5, 0.6) is 5.75 Å². The van der Waals surface area contributed by atoms with Crippen molar-refractivity contribution in [3.8, 4) is 5.75 Å². The highest BCUT2D eigenvalue weighted by Crippen LogP contribution is 2.33. The molecule has 0 radical (unpaired) electrons. The predicted molar refractivity (Wildman–Crippen MR) is 118 cm³/mol. The highest BCUT2D eigenvalue weighted by Gasteiger charge is 2.25. The SMILES string of the molecule is CC[C@H](NS(=O)(=O)c1cc(C(C)C)c(OC)cc1C)c1ccc2c(c1)CCCC2. The summed E-state index contributed by atoms with van der Waals surface area (Å²) in [6.45, 7) is 7.92. The van der Waals surface area contributed by atoms with Gasteiger partial charge in [-0.2, -0.15) is 0 Å². The van der Waals surface area contributed by atoms with Crippen molar-refractivity contribution >= 4 is 10.0 Å². The molecule has 2 aromatic carbocycles. The summed E-state index contributed by atoms with van der Waals surface area (Å²) in [6.07, 6.45) is 5.36. The Morgan fingerprint density at radius 1 is 1.07 bits per heavy atom. The van der Waals surface area contributed by atoms with E-state index in [0.717, 1.165) is 29.7 Å². The standard InChI is InChI=1S/C24H33NO3S/c1-6-22(20-12-11-18-9-7-8-10-19(18)14-20)25-29(26,27)24-15-21(16(2)3)23(28-5)13-17(24)4/h11-16,22,25H,6-10H2,1-5H3/t22-/m0/s1. The summed E-state index contributed by atoms with van der Waals surface area (Å²) in [6, 6.07) is 9.81. The number of methoxy groups -OCH3 is 1. The molecule has 0 bridgehead atoms. The molecule has 0 heterocycles. The minimum absolute atomic E-state index is 0.169. The Kier molecular flexibility index (Phi) is 6.69. The van der Waals surface area contributed by atoms with Crippen LogP contribution in [0.4, 0.5) is 0 Å². The maximum absolute atomic E-state index is 13.3. The lowest BCUT2D eigenvalue weighted by atomic mass is 9.89. The van der Waals surface area contributed by atoms with Crippen LogP contribution in [0.2, 0.25) is 0 Å². The van der Waals surface area contributed by atoms with Crippen LogP contribution in [-0.4, -0.2) is 15.5 Å². The van der Waals surface area contributed by atoms with Crippen molar-refractivity contribution in [2.75, 3.05) is 7.11 Å². The molecule has 5 heteroatoms. The maximum atomic E-state index is 13.3. The van der Waals surface area contributed by atoms with Crippen molar-refractivity contribution in [1.82, 2.24) is 4.72 Å². The van der Waals surface area contributed by atoms with Gasteiger partial charge in [-0.1, -0.05) is 39.0 Å². The van der Waals surface area contributed by atoms with Gasteiger partial charge in [-0.3, -0.25) is 0 Å². The molecule has 0 unspecified atom stereocenters. The van der Waals surface area contributed by atoms with Gasteiger partial charge >= 0.3 is 0 Å². The Morgan fingerprint density at radius 3 is 2.38 bits per heavy atom. The van der Waals surface area contributed by atoms with Gasteiger partial charge in [-0.15, -0.1) is 0 Å². The van der Waals surface area contributed by atoms with Crippen LogP contribution in [0.1, 0.15) is 79.8 Å². The van der Waals surface area contributed by atoms with Gasteiger partial charge in [0, 0.05) is 6.04 Å². The molecule has 0 aliphatic heterocycles. The Hall–Kier alpha value is -1.85. The third kappa shape index (κ3) is 4.67. The average Bonchev–Trinajstić information content (AvgIpc) is 2.70. The lowest BCUT2D eigenvalue weighted by Crippen LogP contribution is -2.29. The molecule has 1 atom stereocenters. The molecule has 3 rings (SSSR count). The van der Waals surface area contributed by atoms with E-state index in [1.807, 2.05) is 33.8 Å². The number of benzene rings is 2. The van der Waals surface area contributed by atoms with Crippen LogP contribution < -0.4 is 9.46 Å². The summed E-state index contributed by atoms with van der Waals surface area (Å²) in [5, 5.41) is 0. The third-order valence-corrected chi connectivity index (χ3v) is 7.53. The predicted octanol–water partition coefficient (Wildman–Crippen LogP) is 5.44. The zero-order valence-electron chi connectivity index (χ0n) is 18.2. The number of sulfonamides is 1. The zero-order valence-corrected chi connectivity index (χ0v) is 19.0. The first-order chi connectivity index (χ1) is 13.8. The molecule has 29 heavy (non-hydrogen) atoms. The topological polar surface area (TPSA) is 55.4 Å². The third-order valence-electron chi connectivity index (χ3n) is 5.92. The number of rotatable bonds is 7. The molecular weight excluding hydrogens is 382 g/mol. The Bertz CT molecular complexity index is 980. The van der Waals surface area contributed by atoms with E-state index in [4.69, 9.17) is 4.74 Å². The van der Waals surface area contributed by atoms with Gasteiger partial charge in [0.25, 0.3) is 0 Å². The fourth-order valence-corrected chi connectivity index (χ4v) is 5.77. The van der Waals surface area contributed by atoms with Crippen LogP contribution in [0, 0.1) is 6.92 Å². The summed E-state index contributed by atoms with van der Waals surface area (Å²) in [7, 11) is -2.04. The van der Waals surface area contributed by atoms with Gasteiger partial charge in [0.1, 0.15) is 5.75 Å². The van der Waals surface area contributed by atoms with Crippen molar-refractivity contribution < 1.29 is 13.2 Å². The zero-order chi connectivity index (χ0) is 21.2. The van der Waals surface area contributed by atoms with E-state index < -0.39 is 10.0 Å². The molecule has 0 saturated heterocycles.